The third-order valence-corrected chi connectivity index (χ3v) is 3.63. The van der Waals surface area contributed by atoms with Crippen molar-refractivity contribution in [3.63, 3.8) is 0 Å². The molecule has 1 aromatic rings. The number of hydrogen-bond donors (Lipinski definition) is 2. The van der Waals surface area contributed by atoms with E-state index in [1.165, 1.54) is 0 Å². The lowest BCUT2D eigenvalue weighted by Gasteiger charge is -2.11. The van der Waals surface area contributed by atoms with E-state index in [1.54, 1.807) is 6.20 Å². The van der Waals surface area contributed by atoms with E-state index < -0.39 is 0 Å². The van der Waals surface area contributed by atoms with Gasteiger partial charge in [0.05, 0.1) is 24.1 Å². The van der Waals surface area contributed by atoms with Gasteiger partial charge in [-0.3, -0.25) is 14.6 Å². The average Bonchev–Trinajstić information content (AvgIpc) is 3.26. The van der Waals surface area contributed by atoms with Crippen LogP contribution in [0.5, 0.6) is 0 Å². The minimum Gasteiger partial charge on any atom is -0.353 e. The Bertz CT molecular complexity index is 475. The number of hydrogen-bond acceptors (Lipinski definition) is 3. The molecule has 0 spiro atoms. The van der Waals surface area contributed by atoms with Gasteiger partial charge in [0.25, 0.3) is 0 Å². The second kappa shape index (κ2) is 6.50. The fourth-order valence-electron chi connectivity index (χ4n) is 2.04. The van der Waals surface area contributed by atoms with Crippen molar-refractivity contribution in [2.45, 2.75) is 39.3 Å². The summed E-state index contributed by atoms with van der Waals surface area (Å²) in [4.78, 5) is 27.9. The molecule has 20 heavy (non-hydrogen) atoms. The summed E-state index contributed by atoms with van der Waals surface area (Å²) in [6.45, 7) is 4.40. The first kappa shape index (κ1) is 14.5. The zero-order chi connectivity index (χ0) is 14.5. The molecule has 5 heteroatoms. The highest BCUT2D eigenvalue weighted by Gasteiger charge is 2.47. The van der Waals surface area contributed by atoms with Gasteiger partial charge in [-0.25, -0.2) is 0 Å². The quantitative estimate of drug-likeness (QED) is 0.820. The molecule has 2 rings (SSSR count). The Morgan fingerprint density at radius 3 is 2.75 bits per heavy atom. The van der Waals surface area contributed by atoms with Crippen molar-refractivity contribution in [2.24, 2.45) is 11.8 Å². The van der Waals surface area contributed by atoms with Crippen LogP contribution in [0.2, 0.25) is 0 Å². The molecule has 0 saturated heterocycles. The lowest BCUT2D eigenvalue weighted by molar-refractivity contribution is -0.127. The van der Waals surface area contributed by atoms with Gasteiger partial charge in [-0.1, -0.05) is 13.0 Å². The van der Waals surface area contributed by atoms with Gasteiger partial charge in [0.2, 0.25) is 11.8 Å². The molecule has 3 atom stereocenters. The lowest BCUT2D eigenvalue weighted by Crippen LogP contribution is -2.35. The van der Waals surface area contributed by atoms with Crippen LogP contribution in [-0.4, -0.2) is 22.8 Å². The molecule has 3 unspecified atom stereocenters. The Hall–Kier alpha value is -1.91. The van der Waals surface area contributed by atoms with Crippen LogP contribution in [0, 0.1) is 11.8 Å². The Morgan fingerprint density at radius 1 is 1.35 bits per heavy atom. The number of nitrogens with one attached hydrogen (secondary N) is 2. The van der Waals surface area contributed by atoms with Crippen molar-refractivity contribution in [3.8, 4) is 0 Å². The van der Waals surface area contributed by atoms with E-state index >= 15 is 0 Å². The van der Waals surface area contributed by atoms with Crippen molar-refractivity contribution in [1.29, 1.82) is 0 Å². The molecule has 2 N–H and O–H groups in total. The van der Waals surface area contributed by atoms with Gasteiger partial charge in [0.15, 0.2) is 0 Å². The Morgan fingerprint density at radius 2 is 2.10 bits per heavy atom. The fraction of sp³-hybridized carbons (Fsp3) is 0.533. The summed E-state index contributed by atoms with van der Waals surface area (Å²) < 4.78 is 0. The minimum atomic E-state index is -0.178. The molecule has 1 aliphatic carbocycles. The van der Waals surface area contributed by atoms with Crippen molar-refractivity contribution >= 4 is 11.8 Å². The van der Waals surface area contributed by atoms with Gasteiger partial charge in [-0.15, -0.1) is 0 Å². The van der Waals surface area contributed by atoms with Gasteiger partial charge < -0.3 is 10.6 Å². The SMILES string of the molecule is CCC(C)NC(=O)C1CC1C(=O)NCc1ccccn1. The van der Waals surface area contributed by atoms with Crippen LogP contribution in [0.25, 0.3) is 0 Å². The molecule has 0 aromatic carbocycles. The summed E-state index contributed by atoms with van der Waals surface area (Å²) in [5.41, 5.74) is 0.821. The molecule has 1 saturated carbocycles. The van der Waals surface area contributed by atoms with Gasteiger partial charge in [-0.2, -0.15) is 0 Å². The number of nitrogens with zero attached hydrogens (tertiary/aromatic N) is 1. The van der Waals surface area contributed by atoms with E-state index in [9.17, 15) is 9.59 Å². The number of rotatable bonds is 6. The van der Waals surface area contributed by atoms with E-state index in [-0.39, 0.29) is 29.7 Å². The Kier molecular flexibility index (Phi) is 4.71. The summed E-state index contributed by atoms with van der Waals surface area (Å²) in [7, 11) is 0. The summed E-state index contributed by atoms with van der Waals surface area (Å²) in [6.07, 6.45) is 3.24. The molecule has 0 aliphatic heterocycles. The van der Waals surface area contributed by atoms with Crippen LogP contribution >= 0.6 is 0 Å². The van der Waals surface area contributed by atoms with Gasteiger partial charge in [0.1, 0.15) is 0 Å². The summed E-state index contributed by atoms with van der Waals surface area (Å²) in [5, 5.41) is 5.75. The van der Waals surface area contributed by atoms with Crippen LogP contribution < -0.4 is 10.6 Å². The largest absolute Gasteiger partial charge is 0.353 e. The van der Waals surface area contributed by atoms with Gasteiger partial charge in [0, 0.05) is 12.2 Å². The molecule has 1 aromatic heterocycles. The molecule has 1 fully saturated rings. The normalized spacial score (nSPS) is 21.9. The lowest BCUT2D eigenvalue weighted by atomic mass is 10.2. The maximum absolute atomic E-state index is 11.9. The number of aromatic nitrogens is 1. The molecule has 0 bridgehead atoms. The van der Waals surface area contributed by atoms with Crippen LogP contribution in [0.1, 0.15) is 32.4 Å². The van der Waals surface area contributed by atoms with E-state index in [1.807, 2.05) is 32.0 Å². The second-order valence-corrected chi connectivity index (χ2v) is 5.31. The van der Waals surface area contributed by atoms with Crippen LogP contribution in [0.3, 0.4) is 0 Å². The van der Waals surface area contributed by atoms with Crippen molar-refractivity contribution < 1.29 is 9.59 Å². The zero-order valence-electron chi connectivity index (χ0n) is 11.9. The van der Waals surface area contributed by atoms with Crippen molar-refractivity contribution in [1.82, 2.24) is 15.6 Å². The highest BCUT2D eigenvalue weighted by atomic mass is 16.2. The highest BCUT2D eigenvalue weighted by molar-refractivity contribution is 5.92. The van der Waals surface area contributed by atoms with Crippen LogP contribution in [0.4, 0.5) is 0 Å². The number of carbonyl (C=O) groups is 2. The van der Waals surface area contributed by atoms with Crippen molar-refractivity contribution in [3.05, 3.63) is 30.1 Å². The number of amides is 2. The van der Waals surface area contributed by atoms with E-state index in [0.717, 1.165) is 12.1 Å². The topological polar surface area (TPSA) is 71.1 Å². The maximum atomic E-state index is 11.9. The van der Waals surface area contributed by atoms with Crippen molar-refractivity contribution in [2.75, 3.05) is 0 Å². The zero-order valence-corrected chi connectivity index (χ0v) is 11.9. The maximum Gasteiger partial charge on any atom is 0.224 e. The smallest absolute Gasteiger partial charge is 0.224 e. The second-order valence-electron chi connectivity index (χ2n) is 5.31. The molecular formula is C15H21N3O2. The number of pyridine rings is 1. The standard InChI is InChI=1S/C15H21N3O2/c1-3-10(2)18-15(20)13-8-12(13)14(19)17-9-11-6-4-5-7-16-11/h4-7,10,12-13H,3,8-9H2,1-2H3,(H,17,19)(H,18,20). The molecule has 5 nitrogen and oxygen atoms in total. The summed E-state index contributed by atoms with van der Waals surface area (Å²) in [5.74, 6) is -0.396. The average molecular weight is 275 g/mol. The van der Waals surface area contributed by atoms with Crippen LogP contribution in [0.15, 0.2) is 24.4 Å². The van der Waals surface area contributed by atoms with Gasteiger partial charge >= 0.3 is 0 Å². The van der Waals surface area contributed by atoms with Crippen LogP contribution in [-0.2, 0) is 16.1 Å². The minimum absolute atomic E-state index is 0.00247. The highest BCUT2D eigenvalue weighted by Crippen LogP contribution is 2.38. The van der Waals surface area contributed by atoms with E-state index in [0.29, 0.717) is 13.0 Å². The molecule has 1 heterocycles. The molecule has 2 amide bonds. The molecule has 0 radical (unpaired) electrons. The molecule has 108 valence electrons. The predicted molar refractivity (Wildman–Crippen MR) is 75.6 cm³/mol. The third kappa shape index (κ3) is 3.79. The molecule has 1 aliphatic rings. The molecular weight excluding hydrogens is 254 g/mol. The first-order chi connectivity index (χ1) is 9.61. The monoisotopic (exact) mass is 275 g/mol. The summed E-state index contributed by atoms with van der Waals surface area (Å²) >= 11 is 0. The first-order valence-electron chi connectivity index (χ1n) is 7.09. The van der Waals surface area contributed by atoms with E-state index in [2.05, 4.69) is 15.6 Å². The third-order valence-electron chi connectivity index (χ3n) is 3.63. The number of carbonyl (C=O) groups excluding carboxylic acids is 2. The summed E-state index contributed by atoms with van der Waals surface area (Å²) in [6, 6.07) is 5.75. The fourth-order valence-corrected chi connectivity index (χ4v) is 2.04. The Labute approximate surface area is 119 Å². The van der Waals surface area contributed by atoms with Gasteiger partial charge in [-0.05, 0) is 31.9 Å². The van der Waals surface area contributed by atoms with E-state index in [4.69, 9.17) is 0 Å². The Balaban J connectivity index is 1.74. The predicted octanol–water partition coefficient (Wildman–Crippen LogP) is 1.25. The first-order valence-corrected chi connectivity index (χ1v) is 7.09.